The Hall–Kier alpha value is -1.16. The standard InChI is InChI=1S/C16H14OS2/c17-16(15-9-14-13(19-15)6-7-18-14)12-8-11(12)10-4-2-1-3-5-10/h1-7,9,11-12,16-17H,8H2. The molecule has 1 aliphatic rings. The molecule has 0 saturated heterocycles. The van der Waals surface area contributed by atoms with Gasteiger partial charge in [0.1, 0.15) is 0 Å². The fourth-order valence-electron chi connectivity index (χ4n) is 2.79. The minimum absolute atomic E-state index is 0.296. The van der Waals surface area contributed by atoms with Gasteiger partial charge in [0.25, 0.3) is 0 Å². The lowest BCUT2D eigenvalue weighted by atomic mass is 10.1. The van der Waals surface area contributed by atoms with Crippen molar-refractivity contribution in [1.29, 1.82) is 0 Å². The predicted molar refractivity (Wildman–Crippen MR) is 82.0 cm³/mol. The van der Waals surface area contributed by atoms with E-state index in [0.29, 0.717) is 11.8 Å². The van der Waals surface area contributed by atoms with E-state index >= 15 is 0 Å². The maximum Gasteiger partial charge on any atom is 0.0916 e. The van der Waals surface area contributed by atoms with Gasteiger partial charge in [-0.15, -0.1) is 22.7 Å². The van der Waals surface area contributed by atoms with E-state index in [9.17, 15) is 5.11 Å². The molecule has 0 radical (unpaired) electrons. The lowest BCUT2D eigenvalue weighted by molar-refractivity contribution is 0.155. The van der Waals surface area contributed by atoms with Crippen LogP contribution in [0.4, 0.5) is 0 Å². The van der Waals surface area contributed by atoms with E-state index in [0.717, 1.165) is 11.3 Å². The molecule has 1 aromatic carbocycles. The molecular weight excluding hydrogens is 272 g/mol. The molecule has 1 N–H and O–H groups in total. The van der Waals surface area contributed by atoms with Crippen molar-refractivity contribution in [2.24, 2.45) is 5.92 Å². The van der Waals surface area contributed by atoms with Crippen molar-refractivity contribution in [3.63, 3.8) is 0 Å². The summed E-state index contributed by atoms with van der Waals surface area (Å²) in [6.45, 7) is 0. The van der Waals surface area contributed by atoms with Gasteiger partial charge in [-0.3, -0.25) is 0 Å². The summed E-state index contributed by atoms with van der Waals surface area (Å²) in [5, 5.41) is 12.6. The van der Waals surface area contributed by atoms with Crippen LogP contribution < -0.4 is 0 Å². The Morgan fingerprint density at radius 1 is 1.11 bits per heavy atom. The number of fused-ring (bicyclic) bond motifs is 1. The van der Waals surface area contributed by atoms with Crippen LogP contribution in [0, 0.1) is 5.92 Å². The second-order valence-corrected chi connectivity index (χ2v) is 7.22. The van der Waals surface area contributed by atoms with E-state index < -0.39 is 0 Å². The minimum atomic E-state index is -0.296. The van der Waals surface area contributed by atoms with Gasteiger partial charge in [-0.25, -0.2) is 0 Å². The molecule has 19 heavy (non-hydrogen) atoms. The van der Waals surface area contributed by atoms with Gasteiger partial charge >= 0.3 is 0 Å². The first-order valence-electron chi connectivity index (χ1n) is 6.53. The third-order valence-electron chi connectivity index (χ3n) is 3.92. The normalized spacial score (nSPS) is 23.6. The molecule has 0 amide bonds. The van der Waals surface area contributed by atoms with Crippen LogP contribution in [0.25, 0.3) is 9.40 Å². The summed E-state index contributed by atoms with van der Waals surface area (Å²) in [5.74, 6) is 0.937. The van der Waals surface area contributed by atoms with Gasteiger partial charge in [-0.05, 0) is 41.3 Å². The number of rotatable bonds is 3. The van der Waals surface area contributed by atoms with Crippen molar-refractivity contribution in [3.05, 3.63) is 58.3 Å². The van der Waals surface area contributed by atoms with E-state index in [1.807, 2.05) is 6.07 Å². The maximum atomic E-state index is 10.5. The highest BCUT2D eigenvalue weighted by molar-refractivity contribution is 7.26. The zero-order chi connectivity index (χ0) is 12.8. The fraction of sp³-hybridized carbons (Fsp3) is 0.250. The lowest BCUT2D eigenvalue weighted by Gasteiger charge is -2.07. The Balaban J connectivity index is 1.56. The zero-order valence-electron chi connectivity index (χ0n) is 10.3. The van der Waals surface area contributed by atoms with Crippen LogP contribution in [0.1, 0.15) is 28.9 Å². The summed E-state index contributed by atoms with van der Waals surface area (Å²) in [7, 11) is 0. The average Bonchev–Trinajstić information content (AvgIpc) is 2.95. The Morgan fingerprint density at radius 2 is 1.95 bits per heavy atom. The Kier molecular flexibility index (Phi) is 2.72. The fourth-order valence-corrected chi connectivity index (χ4v) is 4.97. The highest BCUT2D eigenvalue weighted by Crippen LogP contribution is 2.55. The van der Waals surface area contributed by atoms with Gasteiger partial charge in [0.15, 0.2) is 0 Å². The molecule has 1 fully saturated rings. The second-order valence-electron chi connectivity index (χ2n) is 5.16. The number of hydrogen-bond acceptors (Lipinski definition) is 3. The molecule has 2 aromatic heterocycles. The molecule has 3 unspecified atom stereocenters. The summed E-state index contributed by atoms with van der Waals surface area (Å²) in [4.78, 5) is 1.13. The average molecular weight is 286 g/mol. The third kappa shape index (κ3) is 2.02. The summed E-state index contributed by atoms with van der Waals surface area (Å²) in [6.07, 6.45) is 0.811. The number of thiophene rings is 2. The quantitative estimate of drug-likeness (QED) is 0.733. The molecule has 1 saturated carbocycles. The van der Waals surface area contributed by atoms with Crippen molar-refractivity contribution in [2.45, 2.75) is 18.4 Å². The van der Waals surface area contributed by atoms with Crippen molar-refractivity contribution < 1.29 is 5.11 Å². The first-order chi connectivity index (χ1) is 9.33. The Morgan fingerprint density at radius 3 is 2.74 bits per heavy atom. The van der Waals surface area contributed by atoms with Gasteiger partial charge in [-0.1, -0.05) is 30.3 Å². The van der Waals surface area contributed by atoms with Crippen LogP contribution in [0.5, 0.6) is 0 Å². The van der Waals surface area contributed by atoms with Crippen molar-refractivity contribution >= 4 is 32.1 Å². The molecule has 4 rings (SSSR count). The second kappa shape index (κ2) is 4.44. The molecule has 1 nitrogen and oxygen atoms in total. The van der Waals surface area contributed by atoms with Crippen molar-refractivity contribution in [1.82, 2.24) is 0 Å². The summed E-state index contributed by atoms with van der Waals surface area (Å²) in [5.41, 5.74) is 1.37. The van der Waals surface area contributed by atoms with E-state index in [-0.39, 0.29) is 6.10 Å². The molecular formula is C16H14OS2. The summed E-state index contributed by atoms with van der Waals surface area (Å²) >= 11 is 3.49. The number of benzene rings is 1. The molecule has 96 valence electrons. The van der Waals surface area contributed by atoms with Crippen LogP contribution >= 0.6 is 22.7 Å². The monoisotopic (exact) mass is 286 g/mol. The Labute approximate surface area is 120 Å². The highest BCUT2D eigenvalue weighted by Gasteiger charge is 2.44. The SMILES string of the molecule is OC(c1cc2sccc2s1)C1CC1c1ccccc1. The van der Waals surface area contributed by atoms with E-state index in [1.54, 1.807) is 22.7 Å². The molecule has 2 heterocycles. The molecule has 1 aliphatic carbocycles. The molecule has 0 spiro atoms. The molecule has 3 aromatic rings. The van der Waals surface area contributed by atoms with Crippen LogP contribution in [-0.2, 0) is 0 Å². The lowest BCUT2D eigenvalue weighted by Crippen LogP contribution is -1.98. The third-order valence-corrected chi connectivity index (χ3v) is 6.09. The van der Waals surface area contributed by atoms with Crippen LogP contribution in [0.3, 0.4) is 0 Å². The topological polar surface area (TPSA) is 20.2 Å². The van der Waals surface area contributed by atoms with E-state index in [1.165, 1.54) is 15.0 Å². The van der Waals surface area contributed by atoms with Crippen molar-refractivity contribution in [2.75, 3.05) is 0 Å². The minimum Gasteiger partial charge on any atom is -0.387 e. The summed E-state index contributed by atoms with van der Waals surface area (Å²) in [6, 6.07) is 14.9. The number of aliphatic hydroxyl groups is 1. The molecule has 3 heteroatoms. The predicted octanol–water partition coefficient (Wildman–Crippen LogP) is 4.80. The molecule has 0 bridgehead atoms. The van der Waals surface area contributed by atoms with E-state index in [2.05, 4.69) is 41.8 Å². The van der Waals surface area contributed by atoms with Crippen LogP contribution in [0.15, 0.2) is 47.8 Å². The van der Waals surface area contributed by atoms with E-state index in [4.69, 9.17) is 0 Å². The molecule has 3 atom stereocenters. The van der Waals surface area contributed by atoms with Crippen molar-refractivity contribution in [3.8, 4) is 0 Å². The number of aliphatic hydroxyl groups excluding tert-OH is 1. The zero-order valence-corrected chi connectivity index (χ0v) is 12.0. The van der Waals surface area contributed by atoms with Crippen LogP contribution in [0.2, 0.25) is 0 Å². The van der Waals surface area contributed by atoms with Gasteiger partial charge in [0.05, 0.1) is 6.10 Å². The Bertz CT molecular complexity index is 669. The maximum absolute atomic E-state index is 10.5. The molecule has 0 aliphatic heterocycles. The van der Waals surface area contributed by atoms with Gasteiger partial charge in [0.2, 0.25) is 0 Å². The number of hydrogen-bond donors (Lipinski definition) is 1. The first kappa shape index (κ1) is 11.6. The first-order valence-corrected chi connectivity index (χ1v) is 8.22. The van der Waals surface area contributed by atoms with Crippen LogP contribution in [-0.4, -0.2) is 5.11 Å². The van der Waals surface area contributed by atoms with Gasteiger partial charge in [0, 0.05) is 14.3 Å². The smallest absolute Gasteiger partial charge is 0.0916 e. The largest absolute Gasteiger partial charge is 0.387 e. The summed E-state index contributed by atoms with van der Waals surface area (Å²) < 4.78 is 2.60. The highest BCUT2D eigenvalue weighted by atomic mass is 32.1. The van der Waals surface area contributed by atoms with Gasteiger partial charge in [-0.2, -0.15) is 0 Å². The van der Waals surface area contributed by atoms with Gasteiger partial charge < -0.3 is 5.11 Å².